The summed E-state index contributed by atoms with van der Waals surface area (Å²) in [4.78, 5) is 21.7. The van der Waals surface area contributed by atoms with E-state index in [1.807, 2.05) is 0 Å². The summed E-state index contributed by atoms with van der Waals surface area (Å²) in [6.45, 7) is 0. The number of rotatable bonds is 3. The number of nitro benzene ring substituents is 1. The van der Waals surface area contributed by atoms with Gasteiger partial charge in [0.1, 0.15) is 11.6 Å². The number of para-hydroxylation sites is 1. The highest BCUT2D eigenvalue weighted by atomic mass is 19.1. The largest absolute Gasteiger partial charge is 0.423 e. The molecule has 0 bridgehead atoms. The highest BCUT2D eigenvalue weighted by Crippen LogP contribution is 2.23. The molecule has 0 aliphatic carbocycles. The molecule has 0 N–H and O–H groups in total. The average Bonchev–Trinajstić information content (AvgIpc) is 2.39. The third-order valence-electron chi connectivity index (χ3n) is 2.35. The Bertz CT molecular complexity index is 628. The third-order valence-corrected chi connectivity index (χ3v) is 2.35. The van der Waals surface area contributed by atoms with Gasteiger partial charge in [-0.25, -0.2) is 9.18 Å². The van der Waals surface area contributed by atoms with Crippen molar-refractivity contribution in [3.05, 3.63) is 70.0 Å². The maximum atomic E-state index is 13.6. The summed E-state index contributed by atoms with van der Waals surface area (Å²) in [6, 6.07) is 11.1. The Balaban J connectivity index is 2.36. The van der Waals surface area contributed by atoms with Gasteiger partial charge in [-0.2, -0.15) is 0 Å². The van der Waals surface area contributed by atoms with Crippen LogP contribution in [0.3, 0.4) is 0 Å². The van der Waals surface area contributed by atoms with Crippen molar-refractivity contribution >= 4 is 11.7 Å². The van der Waals surface area contributed by atoms with Crippen molar-refractivity contribution in [2.24, 2.45) is 0 Å². The molecule has 0 fully saturated rings. The molecule has 0 aromatic heterocycles. The summed E-state index contributed by atoms with van der Waals surface area (Å²) < 4.78 is 18.4. The molecule has 2 aromatic carbocycles. The molecule has 0 aliphatic heterocycles. The molecule has 2 aromatic rings. The second-order valence-corrected chi connectivity index (χ2v) is 3.59. The van der Waals surface area contributed by atoms with E-state index in [2.05, 4.69) is 0 Å². The van der Waals surface area contributed by atoms with E-state index in [4.69, 9.17) is 4.74 Å². The number of nitro groups is 1. The molecule has 0 saturated carbocycles. The van der Waals surface area contributed by atoms with Crippen LogP contribution in [-0.4, -0.2) is 10.9 Å². The Hall–Kier alpha value is -2.76. The number of esters is 1. The fourth-order valence-electron chi connectivity index (χ4n) is 1.51. The summed E-state index contributed by atoms with van der Waals surface area (Å²) in [7, 11) is 0. The summed E-state index contributed by atoms with van der Waals surface area (Å²) in [5, 5.41) is 10.8. The molecule has 0 aliphatic rings. The van der Waals surface area contributed by atoms with Gasteiger partial charge >= 0.3 is 5.97 Å². The quantitative estimate of drug-likeness (QED) is 0.368. The minimum Gasteiger partial charge on any atom is -0.423 e. The van der Waals surface area contributed by atoms with Gasteiger partial charge in [0.05, 0.1) is 4.92 Å². The van der Waals surface area contributed by atoms with Gasteiger partial charge in [0, 0.05) is 6.07 Å². The van der Waals surface area contributed by atoms with Gasteiger partial charge in [-0.3, -0.25) is 10.1 Å². The first-order valence-electron chi connectivity index (χ1n) is 5.29. The van der Waals surface area contributed by atoms with E-state index in [1.165, 1.54) is 12.1 Å². The van der Waals surface area contributed by atoms with Gasteiger partial charge in [0.2, 0.25) is 0 Å². The van der Waals surface area contributed by atoms with Crippen molar-refractivity contribution in [1.82, 2.24) is 0 Å². The molecule has 6 heteroatoms. The molecule has 0 spiro atoms. The molecule has 2 rings (SSSR count). The van der Waals surface area contributed by atoms with Gasteiger partial charge in [-0.15, -0.1) is 0 Å². The molecular formula is C13H8FNO4. The normalized spacial score (nSPS) is 9.95. The minimum atomic E-state index is -1.10. The third kappa shape index (κ3) is 2.74. The average molecular weight is 261 g/mol. The van der Waals surface area contributed by atoms with Crippen LogP contribution in [0.5, 0.6) is 5.75 Å². The lowest BCUT2D eigenvalue weighted by molar-refractivity contribution is -0.385. The number of carbonyl (C=O) groups is 1. The molecule has 0 radical (unpaired) electrons. The van der Waals surface area contributed by atoms with Gasteiger partial charge in [-0.05, 0) is 18.2 Å². The Morgan fingerprint density at radius 3 is 2.42 bits per heavy atom. The maximum Gasteiger partial charge on any atom is 0.353 e. The Labute approximate surface area is 107 Å². The van der Waals surface area contributed by atoms with E-state index < -0.39 is 28.0 Å². The van der Waals surface area contributed by atoms with Crippen LogP contribution >= 0.6 is 0 Å². The number of carbonyl (C=O) groups excluding carboxylic acids is 1. The van der Waals surface area contributed by atoms with Crippen LogP contribution < -0.4 is 4.74 Å². The predicted octanol–water partition coefficient (Wildman–Crippen LogP) is 2.95. The monoisotopic (exact) mass is 261 g/mol. The summed E-state index contributed by atoms with van der Waals surface area (Å²) >= 11 is 0. The number of halogens is 1. The van der Waals surface area contributed by atoms with Crippen LogP contribution in [0.25, 0.3) is 0 Å². The second-order valence-electron chi connectivity index (χ2n) is 3.59. The van der Waals surface area contributed by atoms with E-state index in [-0.39, 0.29) is 5.75 Å². The van der Waals surface area contributed by atoms with Crippen molar-refractivity contribution < 1.29 is 18.8 Å². The lowest BCUT2D eigenvalue weighted by atomic mass is 10.1. The minimum absolute atomic E-state index is 0.185. The van der Waals surface area contributed by atoms with Crippen molar-refractivity contribution in [3.8, 4) is 5.75 Å². The van der Waals surface area contributed by atoms with E-state index in [1.54, 1.807) is 18.2 Å². The predicted molar refractivity (Wildman–Crippen MR) is 64.5 cm³/mol. The Kier molecular flexibility index (Phi) is 3.51. The van der Waals surface area contributed by atoms with Crippen LogP contribution in [0.4, 0.5) is 10.1 Å². The lowest BCUT2D eigenvalue weighted by Gasteiger charge is -2.05. The fourth-order valence-corrected chi connectivity index (χ4v) is 1.51. The zero-order valence-corrected chi connectivity index (χ0v) is 9.58. The van der Waals surface area contributed by atoms with Crippen molar-refractivity contribution in [2.75, 3.05) is 0 Å². The van der Waals surface area contributed by atoms with Crippen LogP contribution in [0, 0.1) is 15.9 Å². The van der Waals surface area contributed by atoms with Crippen LogP contribution in [0.2, 0.25) is 0 Å². The van der Waals surface area contributed by atoms with Gasteiger partial charge in [0.25, 0.3) is 5.69 Å². The first-order valence-corrected chi connectivity index (χ1v) is 5.29. The van der Waals surface area contributed by atoms with Gasteiger partial charge in [-0.1, -0.05) is 24.3 Å². The fraction of sp³-hybridized carbons (Fsp3) is 0. The van der Waals surface area contributed by atoms with Crippen molar-refractivity contribution in [2.45, 2.75) is 0 Å². The molecule has 0 heterocycles. The van der Waals surface area contributed by atoms with Gasteiger partial charge in [0.15, 0.2) is 5.56 Å². The molecule has 96 valence electrons. The standard InChI is InChI=1S/C13H8FNO4/c14-10-7-4-8-11(15(17)18)12(10)13(16)19-9-5-2-1-3-6-9/h1-8H. The smallest absolute Gasteiger partial charge is 0.353 e. The van der Waals surface area contributed by atoms with Crippen LogP contribution in [-0.2, 0) is 0 Å². The number of hydrogen-bond acceptors (Lipinski definition) is 4. The molecule has 0 amide bonds. The van der Waals surface area contributed by atoms with Crippen LogP contribution in [0.1, 0.15) is 10.4 Å². The molecule has 19 heavy (non-hydrogen) atoms. The van der Waals surface area contributed by atoms with E-state index in [9.17, 15) is 19.3 Å². The van der Waals surface area contributed by atoms with Gasteiger partial charge < -0.3 is 4.74 Å². The Morgan fingerprint density at radius 1 is 1.11 bits per heavy atom. The summed E-state index contributed by atoms with van der Waals surface area (Å²) in [5.41, 5.74) is -1.31. The number of nitrogens with zero attached hydrogens (tertiary/aromatic N) is 1. The highest BCUT2D eigenvalue weighted by Gasteiger charge is 2.26. The molecule has 0 saturated heterocycles. The van der Waals surface area contributed by atoms with Crippen molar-refractivity contribution in [1.29, 1.82) is 0 Å². The lowest BCUT2D eigenvalue weighted by Crippen LogP contribution is -2.13. The van der Waals surface area contributed by atoms with E-state index >= 15 is 0 Å². The SMILES string of the molecule is O=C(Oc1ccccc1)c1c(F)cccc1[N+](=O)[O-]. The second kappa shape index (κ2) is 5.26. The Morgan fingerprint density at radius 2 is 1.79 bits per heavy atom. The first kappa shape index (κ1) is 12.7. The number of ether oxygens (including phenoxy) is 1. The van der Waals surface area contributed by atoms with Crippen LogP contribution in [0.15, 0.2) is 48.5 Å². The number of hydrogen-bond donors (Lipinski definition) is 0. The molecule has 5 nitrogen and oxygen atoms in total. The first-order chi connectivity index (χ1) is 9.09. The summed E-state index contributed by atoms with van der Waals surface area (Å²) in [6.07, 6.45) is 0. The topological polar surface area (TPSA) is 69.4 Å². The highest BCUT2D eigenvalue weighted by molar-refractivity contribution is 5.95. The van der Waals surface area contributed by atoms with E-state index in [0.717, 1.165) is 18.2 Å². The zero-order chi connectivity index (χ0) is 13.8. The van der Waals surface area contributed by atoms with E-state index in [0.29, 0.717) is 0 Å². The zero-order valence-electron chi connectivity index (χ0n) is 9.58. The summed E-state index contributed by atoms with van der Waals surface area (Å²) in [5.74, 6) is -1.91. The number of benzene rings is 2. The van der Waals surface area contributed by atoms with Crippen molar-refractivity contribution in [3.63, 3.8) is 0 Å². The molecule has 0 atom stereocenters. The molecule has 0 unspecified atom stereocenters. The maximum absolute atomic E-state index is 13.6. The molecular weight excluding hydrogens is 253 g/mol.